The van der Waals surface area contributed by atoms with Crippen LogP contribution in [0.3, 0.4) is 0 Å². The van der Waals surface area contributed by atoms with E-state index in [1.165, 1.54) is 0 Å². The SMILES string of the molecule is NCCCNc1ccc(NC(=O)c2cc(C3CC3)on2)cc1. The van der Waals surface area contributed by atoms with E-state index in [9.17, 15) is 4.79 Å². The Morgan fingerprint density at radius 2 is 2.00 bits per heavy atom. The molecule has 0 atom stereocenters. The summed E-state index contributed by atoms with van der Waals surface area (Å²) in [7, 11) is 0. The van der Waals surface area contributed by atoms with Crippen LogP contribution in [0.25, 0.3) is 0 Å². The van der Waals surface area contributed by atoms with Crippen molar-refractivity contribution in [2.24, 2.45) is 5.73 Å². The Morgan fingerprint density at radius 1 is 1.27 bits per heavy atom. The molecule has 2 aromatic rings. The number of hydrogen-bond acceptors (Lipinski definition) is 5. The fourth-order valence-corrected chi connectivity index (χ4v) is 2.16. The first-order valence-electron chi connectivity index (χ1n) is 7.58. The van der Waals surface area contributed by atoms with Crippen LogP contribution in [0, 0.1) is 0 Å². The molecule has 0 aliphatic heterocycles. The Labute approximate surface area is 129 Å². The van der Waals surface area contributed by atoms with E-state index in [2.05, 4.69) is 15.8 Å². The molecule has 1 aromatic carbocycles. The predicted octanol–water partition coefficient (Wildman–Crippen LogP) is 2.57. The van der Waals surface area contributed by atoms with Gasteiger partial charge in [0.1, 0.15) is 5.76 Å². The van der Waals surface area contributed by atoms with Crippen LogP contribution in [-0.2, 0) is 0 Å². The number of nitrogens with zero attached hydrogens (tertiary/aromatic N) is 1. The molecule has 0 radical (unpaired) electrons. The number of nitrogens with two attached hydrogens (primary N) is 1. The number of benzene rings is 1. The van der Waals surface area contributed by atoms with Crippen LogP contribution in [0.2, 0.25) is 0 Å². The summed E-state index contributed by atoms with van der Waals surface area (Å²) in [5.74, 6) is 1.01. The average Bonchev–Trinajstić information content (AvgIpc) is 3.26. The summed E-state index contributed by atoms with van der Waals surface area (Å²) in [6, 6.07) is 9.28. The van der Waals surface area contributed by atoms with Gasteiger partial charge in [-0.15, -0.1) is 0 Å². The summed E-state index contributed by atoms with van der Waals surface area (Å²) in [6.45, 7) is 1.51. The molecule has 0 saturated heterocycles. The molecule has 4 N–H and O–H groups in total. The van der Waals surface area contributed by atoms with Crippen LogP contribution < -0.4 is 16.4 Å². The normalized spacial score (nSPS) is 13.9. The van der Waals surface area contributed by atoms with Crippen molar-refractivity contribution in [2.45, 2.75) is 25.2 Å². The van der Waals surface area contributed by atoms with Crippen LogP contribution in [-0.4, -0.2) is 24.2 Å². The first-order valence-corrected chi connectivity index (χ1v) is 7.58. The van der Waals surface area contributed by atoms with E-state index in [0.717, 1.165) is 42.9 Å². The molecule has 116 valence electrons. The van der Waals surface area contributed by atoms with Crippen LogP contribution in [0.5, 0.6) is 0 Å². The highest BCUT2D eigenvalue weighted by atomic mass is 16.5. The van der Waals surface area contributed by atoms with Gasteiger partial charge in [-0.1, -0.05) is 5.16 Å². The summed E-state index contributed by atoms with van der Waals surface area (Å²) in [5, 5.41) is 9.91. The van der Waals surface area contributed by atoms with Crippen molar-refractivity contribution < 1.29 is 9.32 Å². The topological polar surface area (TPSA) is 93.2 Å². The summed E-state index contributed by atoms with van der Waals surface area (Å²) < 4.78 is 5.19. The number of rotatable bonds is 7. The lowest BCUT2D eigenvalue weighted by atomic mass is 10.2. The predicted molar refractivity (Wildman–Crippen MR) is 85.0 cm³/mol. The van der Waals surface area contributed by atoms with Gasteiger partial charge >= 0.3 is 0 Å². The highest BCUT2D eigenvalue weighted by molar-refractivity contribution is 6.02. The summed E-state index contributed by atoms with van der Waals surface area (Å²) in [5.41, 5.74) is 7.51. The standard InChI is InChI=1S/C16H20N4O2/c17-8-1-9-18-12-4-6-13(7-5-12)19-16(21)14-10-15(22-20-14)11-2-3-11/h4-7,10-11,18H,1-3,8-9,17H2,(H,19,21). The van der Waals surface area contributed by atoms with E-state index in [0.29, 0.717) is 18.2 Å². The van der Waals surface area contributed by atoms with E-state index in [1.54, 1.807) is 6.07 Å². The molecule has 1 aliphatic carbocycles. The van der Waals surface area contributed by atoms with Gasteiger partial charge in [0.05, 0.1) is 0 Å². The molecule has 0 unspecified atom stereocenters. The zero-order chi connectivity index (χ0) is 15.4. The van der Waals surface area contributed by atoms with Gasteiger partial charge in [-0.25, -0.2) is 0 Å². The zero-order valence-electron chi connectivity index (χ0n) is 12.3. The summed E-state index contributed by atoms with van der Waals surface area (Å²) >= 11 is 0. The number of carbonyl (C=O) groups is 1. The van der Waals surface area contributed by atoms with Crippen LogP contribution in [0.4, 0.5) is 11.4 Å². The Morgan fingerprint density at radius 3 is 2.68 bits per heavy atom. The van der Waals surface area contributed by atoms with Gasteiger partial charge < -0.3 is 20.9 Å². The molecule has 1 heterocycles. The number of carbonyl (C=O) groups excluding carboxylic acids is 1. The van der Waals surface area contributed by atoms with Crippen molar-refractivity contribution in [1.29, 1.82) is 0 Å². The zero-order valence-corrected chi connectivity index (χ0v) is 12.3. The number of nitrogens with one attached hydrogen (secondary N) is 2. The molecule has 0 bridgehead atoms. The highest BCUT2D eigenvalue weighted by Gasteiger charge is 2.28. The molecule has 3 rings (SSSR count). The van der Waals surface area contributed by atoms with Crippen molar-refractivity contribution in [2.75, 3.05) is 23.7 Å². The van der Waals surface area contributed by atoms with E-state index in [1.807, 2.05) is 24.3 Å². The van der Waals surface area contributed by atoms with Crippen molar-refractivity contribution in [1.82, 2.24) is 5.16 Å². The third kappa shape index (κ3) is 3.65. The van der Waals surface area contributed by atoms with Gasteiger partial charge in [-0.05, 0) is 50.1 Å². The Hall–Kier alpha value is -2.34. The molecule has 22 heavy (non-hydrogen) atoms. The van der Waals surface area contributed by atoms with Crippen LogP contribution in [0.15, 0.2) is 34.9 Å². The third-order valence-corrected chi connectivity index (χ3v) is 3.59. The second-order valence-electron chi connectivity index (χ2n) is 5.49. The van der Waals surface area contributed by atoms with Gasteiger partial charge in [0, 0.05) is 29.9 Å². The second kappa shape index (κ2) is 6.62. The Balaban J connectivity index is 1.56. The average molecular weight is 300 g/mol. The van der Waals surface area contributed by atoms with Crippen molar-refractivity contribution in [3.8, 4) is 0 Å². The molecule has 0 spiro atoms. The van der Waals surface area contributed by atoms with E-state index < -0.39 is 0 Å². The van der Waals surface area contributed by atoms with Crippen molar-refractivity contribution in [3.05, 3.63) is 41.8 Å². The minimum absolute atomic E-state index is 0.250. The molecule has 1 fully saturated rings. The van der Waals surface area contributed by atoms with Crippen LogP contribution >= 0.6 is 0 Å². The van der Waals surface area contributed by atoms with Crippen LogP contribution in [0.1, 0.15) is 41.4 Å². The van der Waals surface area contributed by atoms with Gasteiger partial charge in [-0.3, -0.25) is 4.79 Å². The lowest BCUT2D eigenvalue weighted by Gasteiger charge is -2.07. The fraction of sp³-hybridized carbons (Fsp3) is 0.375. The molecule has 1 saturated carbocycles. The van der Waals surface area contributed by atoms with Gasteiger partial charge in [-0.2, -0.15) is 0 Å². The lowest BCUT2D eigenvalue weighted by Crippen LogP contribution is -2.12. The quantitative estimate of drug-likeness (QED) is 0.683. The van der Waals surface area contributed by atoms with Crippen molar-refractivity contribution in [3.63, 3.8) is 0 Å². The summed E-state index contributed by atoms with van der Waals surface area (Å²) in [4.78, 5) is 12.1. The lowest BCUT2D eigenvalue weighted by molar-refractivity contribution is 0.101. The molecular weight excluding hydrogens is 280 g/mol. The maximum Gasteiger partial charge on any atom is 0.277 e. The first-order chi connectivity index (χ1) is 10.8. The van der Waals surface area contributed by atoms with Gasteiger partial charge in [0.2, 0.25) is 0 Å². The maximum absolute atomic E-state index is 12.1. The fourth-order valence-electron chi connectivity index (χ4n) is 2.16. The third-order valence-electron chi connectivity index (χ3n) is 3.59. The van der Waals surface area contributed by atoms with Gasteiger partial charge in [0.15, 0.2) is 5.69 Å². The number of aromatic nitrogens is 1. The largest absolute Gasteiger partial charge is 0.385 e. The Kier molecular flexibility index (Phi) is 4.39. The molecule has 1 amide bonds. The van der Waals surface area contributed by atoms with Gasteiger partial charge in [0.25, 0.3) is 5.91 Å². The monoisotopic (exact) mass is 300 g/mol. The minimum Gasteiger partial charge on any atom is -0.385 e. The maximum atomic E-state index is 12.1. The van der Waals surface area contributed by atoms with Crippen molar-refractivity contribution >= 4 is 17.3 Å². The summed E-state index contributed by atoms with van der Waals surface area (Å²) in [6.07, 6.45) is 3.16. The number of amides is 1. The molecular formula is C16H20N4O2. The smallest absolute Gasteiger partial charge is 0.277 e. The molecule has 6 heteroatoms. The first kappa shape index (κ1) is 14.6. The van der Waals surface area contributed by atoms with E-state index in [4.69, 9.17) is 10.3 Å². The Bertz CT molecular complexity index is 632. The highest BCUT2D eigenvalue weighted by Crippen LogP contribution is 2.40. The number of anilines is 2. The van der Waals surface area contributed by atoms with E-state index >= 15 is 0 Å². The number of hydrogen-bond donors (Lipinski definition) is 3. The molecule has 1 aliphatic rings. The molecule has 1 aromatic heterocycles. The minimum atomic E-state index is -0.250. The second-order valence-corrected chi connectivity index (χ2v) is 5.49. The molecule has 6 nitrogen and oxygen atoms in total. The van der Waals surface area contributed by atoms with E-state index in [-0.39, 0.29) is 5.91 Å².